The topological polar surface area (TPSA) is 85.1 Å². The van der Waals surface area contributed by atoms with Gasteiger partial charge in [-0.1, -0.05) is 16.8 Å². The molecule has 0 fully saturated rings. The predicted octanol–water partition coefficient (Wildman–Crippen LogP) is 1.20. The van der Waals surface area contributed by atoms with E-state index in [1.165, 1.54) is 24.7 Å². The van der Waals surface area contributed by atoms with E-state index in [0.717, 1.165) is 0 Å². The highest BCUT2D eigenvalue weighted by atomic mass is 35.5. The summed E-state index contributed by atoms with van der Waals surface area (Å²) in [5.41, 5.74) is 0. The van der Waals surface area contributed by atoms with Crippen LogP contribution in [0.15, 0.2) is 40.1 Å². The molecule has 0 aliphatic rings. The number of hydrogen-bond donors (Lipinski definition) is 1. The highest BCUT2D eigenvalue weighted by molar-refractivity contribution is 7.89. The lowest BCUT2D eigenvalue weighted by Gasteiger charge is -2.05. The highest BCUT2D eigenvalue weighted by Crippen LogP contribution is 2.19. The van der Waals surface area contributed by atoms with Crippen molar-refractivity contribution in [1.82, 2.24) is 14.9 Å². The number of sulfonamides is 1. The minimum absolute atomic E-state index is 0.00750. The van der Waals surface area contributed by atoms with Gasteiger partial charge in [-0.15, -0.1) is 0 Å². The Morgan fingerprint density at radius 2 is 2.18 bits per heavy atom. The van der Waals surface area contributed by atoms with Gasteiger partial charge in [0.15, 0.2) is 5.76 Å². The van der Waals surface area contributed by atoms with Gasteiger partial charge in [0.2, 0.25) is 10.0 Å². The van der Waals surface area contributed by atoms with Crippen molar-refractivity contribution >= 4 is 21.6 Å². The fourth-order valence-electron chi connectivity index (χ4n) is 1.14. The van der Waals surface area contributed by atoms with Gasteiger partial charge in [0, 0.05) is 18.5 Å². The minimum Gasteiger partial charge on any atom is -0.360 e. The minimum atomic E-state index is -3.70. The molecule has 1 N–H and O–H groups in total. The molecule has 0 spiro atoms. The third kappa shape index (κ3) is 2.82. The lowest BCUT2D eigenvalue weighted by atomic mass is 10.5. The summed E-state index contributed by atoms with van der Waals surface area (Å²) in [6.07, 6.45) is 4.03. The van der Waals surface area contributed by atoms with E-state index >= 15 is 0 Å². The maximum absolute atomic E-state index is 11.9. The first-order valence-corrected chi connectivity index (χ1v) is 6.44. The van der Waals surface area contributed by atoms with Crippen LogP contribution < -0.4 is 4.72 Å². The second-order valence-corrected chi connectivity index (χ2v) is 5.25. The van der Waals surface area contributed by atoms with Gasteiger partial charge in [0.05, 0.1) is 17.8 Å². The summed E-state index contributed by atoms with van der Waals surface area (Å²) >= 11 is 5.77. The molecule has 8 heteroatoms. The normalized spacial score (nSPS) is 11.6. The summed E-state index contributed by atoms with van der Waals surface area (Å²) in [6, 6.07) is 2.97. The molecule has 2 aromatic rings. The molecule has 6 nitrogen and oxygen atoms in total. The van der Waals surface area contributed by atoms with E-state index in [2.05, 4.69) is 14.9 Å². The zero-order valence-electron chi connectivity index (χ0n) is 8.50. The van der Waals surface area contributed by atoms with Crippen molar-refractivity contribution in [2.45, 2.75) is 11.4 Å². The zero-order valence-corrected chi connectivity index (χ0v) is 10.1. The molecule has 0 bridgehead atoms. The van der Waals surface area contributed by atoms with Gasteiger partial charge in [0.1, 0.15) is 4.90 Å². The lowest BCUT2D eigenvalue weighted by Crippen LogP contribution is -2.23. The Morgan fingerprint density at radius 1 is 1.35 bits per heavy atom. The highest BCUT2D eigenvalue weighted by Gasteiger charge is 2.18. The van der Waals surface area contributed by atoms with Gasteiger partial charge in [-0.05, 0) is 6.07 Å². The smallest absolute Gasteiger partial charge is 0.244 e. The lowest BCUT2D eigenvalue weighted by molar-refractivity contribution is 0.380. The van der Waals surface area contributed by atoms with Crippen molar-refractivity contribution in [1.29, 1.82) is 0 Å². The maximum atomic E-state index is 11.9. The van der Waals surface area contributed by atoms with E-state index in [9.17, 15) is 8.42 Å². The van der Waals surface area contributed by atoms with E-state index in [4.69, 9.17) is 16.1 Å². The number of halogens is 1. The zero-order chi connectivity index (χ0) is 12.3. The second kappa shape index (κ2) is 4.82. The summed E-state index contributed by atoms with van der Waals surface area (Å²) in [4.78, 5) is 3.65. The molecule has 0 aliphatic heterocycles. The summed E-state index contributed by atoms with van der Waals surface area (Å²) < 4.78 is 30.8. The molecular formula is C9H8ClN3O3S. The van der Waals surface area contributed by atoms with Crippen LogP contribution in [0.3, 0.4) is 0 Å². The predicted molar refractivity (Wildman–Crippen MR) is 59.8 cm³/mol. The molecule has 0 aliphatic carbocycles. The molecule has 2 aromatic heterocycles. The van der Waals surface area contributed by atoms with Crippen LogP contribution in [0.4, 0.5) is 0 Å². The van der Waals surface area contributed by atoms with Crippen LogP contribution in [0.5, 0.6) is 0 Å². The Bertz CT molecular complexity index is 598. The third-order valence-electron chi connectivity index (χ3n) is 1.95. The Balaban J connectivity index is 2.17. The van der Waals surface area contributed by atoms with Crippen LogP contribution in [0.1, 0.15) is 5.76 Å². The van der Waals surface area contributed by atoms with E-state index < -0.39 is 10.0 Å². The number of rotatable bonds is 4. The van der Waals surface area contributed by atoms with Gasteiger partial charge < -0.3 is 4.52 Å². The molecule has 0 unspecified atom stereocenters. The molecule has 2 heterocycles. The van der Waals surface area contributed by atoms with Crippen molar-refractivity contribution in [3.8, 4) is 0 Å². The molecule has 90 valence electrons. The van der Waals surface area contributed by atoms with Crippen LogP contribution >= 0.6 is 11.6 Å². The Hall–Kier alpha value is -1.44. The molecule has 0 saturated heterocycles. The molecular weight excluding hydrogens is 266 g/mol. The average Bonchev–Trinajstić information content (AvgIpc) is 2.80. The van der Waals surface area contributed by atoms with Crippen LogP contribution in [0.25, 0.3) is 0 Å². The van der Waals surface area contributed by atoms with Gasteiger partial charge in [-0.2, -0.15) is 0 Å². The van der Waals surface area contributed by atoms with Gasteiger partial charge in [-0.3, -0.25) is 4.98 Å². The van der Waals surface area contributed by atoms with Crippen LogP contribution in [0.2, 0.25) is 5.02 Å². The Kier molecular flexibility index (Phi) is 3.41. The fraction of sp³-hybridized carbons (Fsp3) is 0.111. The van der Waals surface area contributed by atoms with Crippen LogP contribution in [-0.2, 0) is 16.6 Å². The molecule has 0 aromatic carbocycles. The Labute approximate surface area is 103 Å². The standard InChI is InChI=1S/C9H8ClN3O3S/c10-8-2-3-11-6-9(8)17(14,15)13-5-7-1-4-12-16-7/h1-4,6,13H,5H2. The maximum Gasteiger partial charge on any atom is 0.244 e. The van der Waals surface area contributed by atoms with Gasteiger partial charge in [0.25, 0.3) is 0 Å². The molecule has 0 amide bonds. The number of nitrogens with one attached hydrogen (secondary N) is 1. The van der Waals surface area contributed by atoms with Crippen molar-refractivity contribution in [3.05, 3.63) is 41.5 Å². The van der Waals surface area contributed by atoms with Crippen LogP contribution in [-0.4, -0.2) is 18.6 Å². The quantitative estimate of drug-likeness (QED) is 0.905. The fourth-order valence-corrected chi connectivity index (χ4v) is 2.56. The van der Waals surface area contributed by atoms with E-state index in [1.54, 1.807) is 6.07 Å². The Morgan fingerprint density at radius 3 is 2.82 bits per heavy atom. The SMILES string of the molecule is O=S(=O)(NCc1ccno1)c1cnccc1Cl. The summed E-state index contributed by atoms with van der Waals surface area (Å²) in [7, 11) is -3.70. The van der Waals surface area contributed by atoms with Crippen LogP contribution in [0, 0.1) is 0 Å². The molecule has 2 rings (SSSR count). The van der Waals surface area contributed by atoms with Gasteiger partial charge in [-0.25, -0.2) is 13.1 Å². The number of hydrogen-bond acceptors (Lipinski definition) is 5. The van der Waals surface area contributed by atoms with E-state index in [1.807, 2.05) is 0 Å². The molecule has 0 radical (unpaired) electrons. The third-order valence-corrected chi connectivity index (χ3v) is 3.82. The second-order valence-electron chi connectivity index (χ2n) is 3.11. The summed E-state index contributed by atoms with van der Waals surface area (Å²) in [5.74, 6) is 0.411. The number of nitrogens with zero attached hydrogens (tertiary/aromatic N) is 2. The monoisotopic (exact) mass is 273 g/mol. The van der Waals surface area contributed by atoms with E-state index in [-0.39, 0.29) is 16.5 Å². The van der Waals surface area contributed by atoms with Crippen molar-refractivity contribution in [2.24, 2.45) is 0 Å². The summed E-state index contributed by atoms with van der Waals surface area (Å²) in [6.45, 7) is 0.00750. The molecule has 0 atom stereocenters. The van der Waals surface area contributed by atoms with Gasteiger partial charge >= 0.3 is 0 Å². The van der Waals surface area contributed by atoms with Crippen molar-refractivity contribution in [2.75, 3.05) is 0 Å². The average molecular weight is 274 g/mol. The number of pyridine rings is 1. The number of aromatic nitrogens is 2. The van der Waals surface area contributed by atoms with E-state index in [0.29, 0.717) is 5.76 Å². The first-order valence-electron chi connectivity index (χ1n) is 4.58. The molecule has 17 heavy (non-hydrogen) atoms. The summed E-state index contributed by atoms with van der Waals surface area (Å²) in [5, 5.41) is 3.58. The molecule has 0 saturated carbocycles. The van der Waals surface area contributed by atoms with Crippen molar-refractivity contribution in [3.63, 3.8) is 0 Å². The first-order chi connectivity index (χ1) is 8.09. The first kappa shape index (κ1) is 12.0. The largest absolute Gasteiger partial charge is 0.360 e. The van der Waals surface area contributed by atoms with Crippen molar-refractivity contribution < 1.29 is 12.9 Å².